The number of anilines is 1. The molecule has 9 heteroatoms. The third kappa shape index (κ3) is 5.78. The molecule has 0 saturated carbocycles. The van der Waals surface area contributed by atoms with E-state index in [1.165, 1.54) is 10.1 Å². The van der Waals surface area contributed by atoms with Crippen molar-refractivity contribution < 1.29 is 9.53 Å². The number of benzene rings is 3. The van der Waals surface area contributed by atoms with E-state index in [4.69, 9.17) is 9.72 Å². The van der Waals surface area contributed by atoms with Gasteiger partial charge in [-0.2, -0.15) is 5.10 Å². The summed E-state index contributed by atoms with van der Waals surface area (Å²) in [7, 11) is 0. The SMILES string of the molecule is CC#CCn1c(N2CCCC(NC(=O)OC(C)(C)C)C2)nc2cnn(Cc3cc4ccccc4c4ccccc34)c(=O)c21. The molecule has 9 nitrogen and oxygen atoms in total. The number of alkyl carbamates (subject to hydrolysis) is 1. The predicted molar refractivity (Wildman–Crippen MR) is 170 cm³/mol. The normalized spacial score (nSPS) is 15.4. The van der Waals surface area contributed by atoms with E-state index >= 15 is 0 Å². The fraction of sp³-hybridized carbons (Fsp3) is 0.353. The van der Waals surface area contributed by atoms with Crippen molar-refractivity contribution in [3.8, 4) is 11.8 Å². The van der Waals surface area contributed by atoms with Crippen LogP contribution in [0, 0.1) is 11.8 Å². The van der Waals surface area contributed by atoms with Gasteiger partial charge in [-0.05, 0) is 73.7 Å². The van der Waals surface area contributed by atoms with Gasteiger partial charge < -0.3 is 15.0 Å². The molecule has 5 aromatic rings. The topological polar surface area (TPSA) is 94.3 Å². The van der Waals surface area contributed by atoms with Crippen molar-refractivity contribution in [2.45, 2.75) is 65.3 Å². The molecule has 1 N–H and O–H groups in total. The van der Waals surface area contributed by atoms with E-state index in [1.807, 2.05) is 49.6 Å². The average molecular weight is 577 g/mol. The minimum Gasteiger partial charge on any atom is -0.444 e. The van der Waals surface area contributed by atoms with Gasteiger partial charge in [-0.15, -0.1) is 5.92 Å². The van der Waals surface area contributed by atoms with Crippen LogP contribution in [0.4, 0.5) is 10.7 Å². The van der Waals surface area contributed by atoms with Gasteiger partial charge in [-0.3, -0.25) is 9.36 Å². The van der Waals surface area contributed by atoms with Crippen LogP contribution in [0.1, 0.15) is 46.1 Å². The van der Waals surface area contributed by atoms with Crippen LogP contribution in [0.15, 0.2) is 65.6 Å². The Bertz CT molecular complexity index is 1960. The summed E-state index contributed by atoms with van der Waals surface area (Å²) in [5.41, 5.74) is 1.23. The van der Waals surface area contributed by atoms with E-state index in [0.29, 0.717) is 36.6 Å². The van der Waals surface area contributed by atoms with E-state index in [2.05, 4.69) is 57.5 Å². The first-order chi connectivity index (χ1) is 20.7. The second-order valence-corrected chi connectivity index (χ2v) is 12.0. The van der Waals surface area contributed by atoms with Crippen molar-refractivity contribution in [1.29, 1.82) is 0 Å². The quantitative estimate of drug-likeness (QED) is 0.221. The van der Waals surface area contributed by atoms with Crippen molar-refractivity contribution in [2.24, 2.45) is 0 Å². The highest BCUT2D eigenvalue weighted by Gasteiger charge is 2.28. The summed E-state index contributed by atoms with van der Waals surface area (Å²) in [6, 6.07) is 18.6. The molecule has 6 rings (SSSR count). The number of carbonyl (C=O) groups excluding carboxylic acids is 1. The summed E-state index contributed by atoms with van der Waals surface area (Å²) < 4.78 is 8.88. The molecule has 2 aromatic heterocycles. The first kappa shape index (κ1) is 28.3. The molecule has 220 valence electrons. The number of piperidine rings is 1. The Morgan fingerprint density at radius 2 is 1.84 bits per heavy atom. The molecule has 0 bridgehead atoms. The zero-order valence-corrected chi connectivity index (χ0v) is 25.1. The number of ether oxygens (including phenoxy) is 1. The first-order valence-corrected chi connectivity index (χ1v) is 14.7. The van der Waals surface area contributed by atoms with Crippen LogP contribution in [0.5, 0.6) is 0 Å². The lowest BCUT2D eigenvalue weighted by atomic mass is 9.97. The lowest BCUT2D eigenvalue weighted by molar-refractivity contribution is 0.0499. The Kier molecular flexibility index (Phi) is 7.53. The van der Waals surface area contributed by atoms with Gasteiger partial charge >= 0.3 is 6.09 Å². The van der Waals surface area contributed by atoms with E-state index in [-0.39, 0.29) is 11.6 Å². The summed E-state index contributed by atoms with van der Waals surface area (Å²) in [5.74, 6) is 6.73. The third-order valence-electron chi connectivity index (χ3n) is 7.74. The Balaban J connectivity index is 1.37. The van der Waals surface area contributed by atoms with Crippen LogP contribution < -0.4 is 15.8 Å². The van der Waals surface area contributed by atoms with Gasteiger partial charge in [0.15, 0.2) is 0 Å². The molecule has 0 spiro atoms. The third-order valence-corrected chi connectivity index (χ3v) is 7.74. The van der Waals surface area contributed by atoms with Crippen LogP contribution in [0.2, 0.25) is 0 Å². The Hall–Kier alpha value is -4.84. The second-order valence-electron chi connectivity index (χ2n) is 12.0. The number of hydrogen-bond acceptors (Lipinski definition) is 6. The Morgan fingerprint density at radius 3 is 2.60 bits per heavy atom. The standard InChI is InChI=1S/C34H36N6O3/c1-5-6-18-39-30-29(37-32(39)38-17-11-13-25(22-38)36-33(42)43-34(2,3)4)20-35-40(31(30)41)21-24-19-23-12-7-8-14-26(23)28-16-10-9-15-27(24)28/h7-10,12,14-16,19-20,25H,11,13,17-18,21-22H2,1-4H3,(H,36,42). The Morgan fingerprint density at radius 1 is 1.09 bits per heavy atom. The highest BCUT2D eigenvalue weighted by atomic mass is 16.6. The zero-order valence-electron chi connectivity index (χ0n) is 25.1. The van der Waals surface area contributed by atoms with E-state index in [0.717, 1.165) is 41.1 Å². The molecule has 1 aliphatic rings. The fourth-order valence-corrected chi connectivity index (χ4v) is 5.91. The number of nitrogens with one attached hydrogen (secondary N) is 1. The molecule has 1 saturated heterocycles. The average Bonchev–Trinajstić information content (AvgIpc) is 3.36. The van der Waals surface area contributed by atoms with E-state index in [9.17, 15) is 9.59 Å². The first-order valence-electron chi connectivity index (χ1n) is 14.7. The van der Waals surface area contributed by atoms with Crippen molar-refractivity contribution >= 4 is 44.6 Å². The molecule has 43 heavy (non-hydrogen) atoms. The van der Waals surface area contributed by atoms with Crippen LogP contribution in [-0.2, 0) is 17.8 Å². The van der Waals surface area contributed by atoms with Crippen LogP contribution in [0.25, 0.3) is 32.6 Å². The van der Waals surface area contributed by atoms with Gasteiger partial charge in [0, 0.05) is 19.1 Å². The van der Waals surface area contributed by atoms with Crippen molar-refractivity contribution in [1.82, 2.24) is 24.6 Å². The molecule has 3 aromatic carbocycles. The highest BCUT2D eigenvalue weighted by Crippen LogP contribution is 2.29. The minimum atomic E-state index is -0.572. The molecule has 1 unspecified atom stereocenters. The van der Waals surface area contributed by atoms with Crippen molar-refractivity contribution in [3.05, 3.63) is 76.7 Å². The highest BCUT2D eigenvalue weighted by molar-refractivity contribution is 6.08. The molecule has 0 radical (unpaired) electrons. The molecule has 1 atom stereocenters. The predicted octanol–water partition coefficient (Wildman–Crippen LogP) is 5.46. The van der Waals surface area contributed by atoms with Gasteiger partial charge in [0.1, 0.15) is 16.6 Å². The van der Waals surface area contributed by atoms with Gasteiger partial charge in [-0.25, -0.2) is 14.5 Å². The summed E-state index contributed by atoms with van der Waals surface area (Å²) in [5, 5.41) is 12.1. The molecule has 0 aliphatic carbocycles. The van der Waals surface area contributed by atoms with Crippen molar-refractivity contribution in [3.63, 3.8) is 0 Å². The summed E-state index contributed by atoms with van der Waals surface area (Å²) in [6.07, 6.45) is 2.93. The summed E-state index contributed by atoms with van der Waals surface area (Å²) in [4.78, 5) is 33.5. The molecule has 3 heterocycles. The van der Waals surface area contributed by atoms with E-state index < -0.39 is 11.7 Å². The number of aromatic nitrogens is 4. The van der Waals surface area contributed by atoms with Gasteiger partial charge in [0.2, 0.25) is 5.95 Å². The number of nitrogens with zero attached hydrogens (tertiary/aromatic N) is 5. The molecule has 1 aliphatic heterocycles. The largest absolute Gasteiger partial charge is 0.444 e. The number of imidazole rings is 1. The fourth-order valence-electron chi connectivity index (χ4n) is 5.91. The lowest BCUT2D eigenvalue weighted by Gasteiger charge is -2.34. The van der Waals surface area contributed by atoms with Gasteiger partial charge in [0.25, 0.3) is 5.56 Å². The number of fused-ring (bicyclic) bond motifs is 4. The smallest absolute Gasteiger partial charge is 0.407 e. The molecule has 1 amide bonds. The number of hydrogen-bond donors (Lipinski definition) is 1. The monoisotopic (exact) mass is 576 g/mol. The zero-order chi connectivity index (χ0) is 30.1. The van der Waals surface area contributed by atoms with Crippen LogP contribution in [-0.4, -0.2) is 50.2 Å². The van der Waals surface area contributed by atoms with E-state index in [1.54, 1.807) is 13.1 Å². The summed E-state index contributed by atoms with van der Waals surface area (Å²) >= 11 is 0. The number of carbonyl (C=O) groups is 1. The van der Waals surface area contributed by atoms with Crippen molar-refractivity contribution in [2.75, 3.05) is 18.0 Å². The number of amides is 1. The number of rotatable bonds is 5. The van der Waals surface area contributed by atoms with Gasteiger partial charge in [-0.1, -0.05) is 54.5 Å². The van der Waals surface area contributed by atoms with Crippen LogP contribution >= 0.6 is 0 Å². The second kappa shape index (κ2) is 11.4. The molecular formula is C34H36N6O3. The summed E-state index contributed by atoms with van der Waals surface area (Å²) in [6.45, 7) is 9.27. The maximum absolute atomic E-state index is 14.1. The Labute approximate surface area is 250 Å². The molecular weight excluding hydrogens is 540 g/mol. The van der Waals surface area contributed by atoms with Gasteiger partial charge in [0.05, 0.1) is 19.3 Å². The minimum absolute atomic E-state index is 0.106. The van der Waals surface area contributed by atoms with Crippen LogP contribution in [0.3, 0.4) is 0 Å². The maximum atomic E-state index is 14.1. The maximum Gasteiger partial charge on any atom is 0.407 e. The lowest BCUT2D eigenvalue weighted by Crippen LogP contribution is -2.49. The molecule has 1 fully saturated rings.